The van der Waals surface area contributed by atoms with Crippen LogP contribution in [0.15, 0.2) is 47.6 Å². The van der Waals surface area contributed by atoms with Crippen LogP contribution < -0.4 is 14.5 Å². The summed E-state index contributed by atoms with van der Waals surface area (Å²) in [6.07, 6.45) is 2.57. The summed E-state index contributed by atoms with van der Waals surface area (Å²) in [5.41, 5.74) is 8.96. The smallest absolute Gasteiger partial charge is 0.260 e. The van der Waals surface area contributed by atoms with E-state index in [0.29, 0.717) is 5.75 Å². The fourth-order valence-corrected chi connectivity index (χ4v) is 4.83. The molecule has 0 unspecified atom stereocenters. The fourth-order valence-electron chi connectivity index (χ4n) is 3.73. The Kier molecular flexibility index (Phi) is 7.92. The van der Waals surface area contributed by atoms with E-state index in [9.17, 15) is 13.2 Å². The lowest BCUT2D eigenvalue weighted by molar-refractivity contribution is -0.119. The molecule has 186 valence electrons. The fraction of sp³-hybridized carbons (Fsp3) is 0.280. The number of aromatic nitrogens is 1. The number of aryl methyl sites for hydroxylation is 3. The van der Waals surface area contributed by atoms with Gasteiger partial charge in [-0.1, -0.05) is 17.7 Å². The molecule has 1 amide bonds. The molecule has 0 bridgehead atoms. The number of ether oxygens (including phenoxy) is 1. The number of hydrazone groups is 1. The van der Waals surface area contributed by atoms with Crippen molar-refractivity contribution in [3.63, 3.8) is 0 Å². The van der Waals surface area contributed by atoms with Gasteiger partial charge in [0.25, 0.3) is 5.91 Å². The molecule has 0 atom stereocenters. The van der Waals surface area contributed by atoms with E-state index in [-0.39, 0.29) is 10.7 Å². The van der Waals surface area contributed by atoms with Crippen molar-refractivity contribution >= 4 is 39.4 Å². The highest BCUT2D eigenvalue weighted by Crippen LogP contribution is 2.30. The molecule has 0 aliphatic rings. The van der Waals surface area contributed by atoms with Crippen LogP contribution in [0.4, 0.5) is 5.69 Å². The van der Waals surface area contributed by atoms with E-state index in [4.69, 9.17) is 16.3 Å². The Bertz CT molecular complexity index is 1400. The van der Waals surface area contributed by atoms with Crippen molar-refractivity contribution in [2.24, 2.45) is 5.10 Å². The number of carbonyl (C=O) groups excluding carboxylic acids is 1. The standard InChI is InChI=1S/C25H29ClN4O4S/c1-16-7-8-22(11-17(16)2)30-18(3)12-20(19(30)4)14-27-28-25(31)15-29(35(6,32)33)21-9-10-24(34-5)23(26)13-21/h7-14H,15H2,1-6H3,(H,28,31)/b27-14-. The van der Waals surface area contributed by atoms with Crippen molar-refractivity contribution in [1.29, 1.82) is 0 Å². The van der Waals surface area contributed by atoms with Gasteiger partial charge in [0, 0.05) is 22.6 Å². The lowest BCUT2D eigenvalue weighted by atomic mass is 10.1. The minimum atomic E-state index is -3.76. The first-order chi connectivity index (χ1) is 16.4. The van der Waals surface area contributed by atoms with Crippen LogP contribution in [0.3, 0.4) is 0 Å². The number of nitrogens with one attached hydrogen (secondary N) is 1. The van der Waals surface area contributed by atoms with Crippen molar-refractivity contribution in [2.45, 2.75) is 27.7 Å². The second kappa shape index (κ2) is 10.5. The van der Waals surface area contributed by atoms with Crippen molar-refractivity contribution < 1.29 is 17.9 Å². The van der Waals surface area contributed by atoms with Crippen molar-refractivity contribution in [1.82, 2.24) is 9.99 Å². The minimum absolute atomic E-state index is 0.233. The van der Waals surface area contributed by atoms with Gasteiger partial charge >= 0.3 is 0 Å². The predicted octanol–water partition coefficient (Wildman–Crippen LogP) is 4.29. The van der Waals surface area contributed by atoms with Gasteiger partial charge in [-0.15, -0.1) is 0 Å². The summed E-state index contributed by atoms with van der Waals surface area (Å²) in [6, 6.07) is 12.7. The zero-order valence-electron chi connectivity index (χ0n) is 20.6. The molecule has 8 nitrogen and oxygen atoms in total. The van der Waals surface area contributed by atoms with Gasteiger partial charge in [-0.25, -0.2) is 13.8 Å². The molecule has 0 fully saturated rings. The van der Waals surface area contributed by atoms with E-state index < -0.39 is 22.5 Å². The molecule has 3 rings (SSSR count). The number of methoxy groups -OCH3 is 1. The van der Waals surface area contributed by atoms with Crippen LogP contribution in [0.5, 0.6) is 5.75 Å². The summed E-state index contributed by atoms with van der Waals surface area (Å²) in [5.74, 6) is -0.196. The van der Waals surface area contributed by atoms with Gasteiger partial charge in [-0.05, 0) is 75.2 Å². The molecule has 1 aromatic heterocycles. The maximum atomic E-state index is 12.5. The molecule has 0 saturated carbocycles. The molecule has 1 N–H and O–H groups in total. The second-order valence-corrected chi connectivity index (χ2v) is 10.6. The number of nitrogens with zero attached hydrogens (tertiary/aromatic N) is 3. The highest BCUT2D eigenvalue weighted by molar-refractivity contribution is 7.92. The van der Waals surface area contributed by atoms with Crippen molar-refractivity contribution in [2.75, 3.05) is 24.2 Å². The number of anilines is 1. The molecule has 0 aliphatic carbocycles. The number of rotatable bonds is 8. The summed E-state index contributed by atoms with van der Waals surface area (Å²) in [4.78, 5) is 12.5. The van der Waals surface area contributed by atoms with Gasteiger partial charge < -0.3 is 9.30 Å². The third kappa shape index (κ3) is 6.04. The van der Waals surface area contributed by atoms with Crippen LogP contribution in [-0.4, -0.2) is 45.0 Å². The largest absolute Gasteiger partial charge is 0.495 e. The lowest BCUT2D eigenvalue weighted by Gasteiger charge is -2.21. The van der Waals surface area contributed by atoms with E-state index in [1.807, 2.05) is 19.9 Å². The zero-order chi connectivity index (χ0) is 25.9. The summed E-state index contributed by atoms with van der Waals surface area (Å²) < 4.78 is 32.8. The molecule has 0 saturated heterocycles. The van der Waals surface area contributed by atoms with Crippen LogP contribution in [-0.2, 0) is 14.8 Å². The molecule has 10 heteroatoms. The second-order valence-electron chi connectivity index (χ2n) is 8.31. The Morgan fingerprint density at radius 2 is 1.83 bits per heavy atom. The Balaban J connectivity index is 1.76. The summed E-state index contributed by atoms with van der Waals surface area (Å²) in [5, 5.41) is 4.28. The molecule has 0 aliphatic heterocycles. The van der Waals surface area contributed by atoms with Gasteiger partial charge in [-0.3, -0.25) is 9.10 Å². The number of benzene rings is 2. The number of hydrogen-bond acceptors (Lipinski definition) is 5. The maximum absolute atomic E-state index is 12.5. The molecular formula is C25H29ClN4O4S. The monoisotopic (exact) mass is 516 g/mol. The number of sulfonamides is 1. The first kappa shape index (κ1) is 26.3. The minimum Gasteiger partial charge on any atom is -0.495 e. The average Bonchev–Trinajstić information content (AvgIpc) is 3.06. The maximum Gasteiger partial charge on any atom is 0.260 e. The van der Waals surface area contributed by atoms with Gasteiger partial charge in [-0.2, -0.15) is 5.10 Å². The van der Waals surface area contributed by atoms with E-state index in [2.05, 4.69) is 47.1 Å². The van der Waals surface area contributed by atoms with E-state index in [1.165, 1.54) is 36.4 Å². The lowest BCUT2D eigenvalue weighted by Crippen LogP contribution is -2.39. The summed E-state index contributed by atoms with van der Waals surface area (Å²) >= 11 is 6.13. The van der Waals surface area contributed by atoms with Crippen molar-refractivity contribution in [3.8, 4) is 11.4 Å². The molecule has 1 heterocycles. The first-order valence-corrected chi connectivity index (χ1v) is 13.0. The Morgan fingerprint density at radius 3 is 2.43 bits per heavy atom. The molecule has 0 radical (unpaired) electrons. The van der Waals surface area contributed by atoms with Crippen molar-refractivity contribution in [3.05, 3.63) is 75.6 Å². The van der Waals surface area contributed by atoms with Crippen LogP contribution >= 0.6 is 11.6 Å². The highest BCUT2D eigenvalue weighted by atomic mass is 35.5. The van der Waals surface area contributed by atoms with Gasteiger partial charge in [0.05, 0.1) is 30.3 Å². The molecule has 35 heavy (non-hydrogen) atoms. The van der Waals surface area contributed by atoms with E-state index in [1.54, 1.807) is 6.21 Å². The number of halogens is 1. The van der Waals surface area contributed by atoms with E-state index >= 15 is 0 Å². The van der Waals surface area contributed by atoms with Crippen LogP contribution in [0, 0.1) is 27.7 Å². The topological polar surface area (TPSA) is 93.0 Å². The van der Waals surface area contributed by atoms with Crippen LogP contribution in [0.25, 0.3) is 5.69 Å². The third-order valence-electron chi connectivity index (χ3n) is 5.72. The third-order valence-corrected chi connectivity index (χ3v) is 7.16. The van der Waals surface area contributed by atoms with Crippen LogP contribution in [0.1, 0.15) is 28.1 Å². The summed E-state index contributed by atoms with van der Waals surface area (Å²) in [6.45, 7) is 7.67. The van der Waals surface area contributed by atoms with E-state index in [0.717, 1.165) is 33.2 Å². The Hall–Kier alpha value is -3.30. The quantitative estimate of drug-likeness (QED) is 0.357. The number of hydrogen-bond donors (Lipinski definition) is 1. The van der Waals surface area contributed by atoms with Gasteiger partial charge in [0.2, 0.25) is 10.0 Å². The molecule has 0 spiro atoms. The average molecular weight is 517 g/mol. The van der Waals surface area contributed by atoms with Crippen LogP contribution in [0.2, 0.25) is 5.02 Å². The molecule has 2 aromatic carbocycles. The van der Waals surface area contributed by atoms with Gasteiger partial charge in [0.15, 0.2) is 0 Å². The number of amides is 1. The first-order valence-electron chi connectivity index (χ1n) is 10.8. The van der Waals surface area contributed by atoms with Gasteiger partial charge in [0.1, 0.15) is 12.3 Å². The predicted molar refractivity (Wildman–Crippen MR) is 141 cm³/mol. The molecule has 3 aromatic rings. The highest BCUT2D eigenvalue weighted by Gasteiger charge is 2.22. The Labute approximate surface area is 211 Å². The SMILES string of the molecule is COc1ccc(N(CC(=O)N/N=C\c2cc(C)n(-c3ccc(C)c(C)c3)c2C)S(C)(=O)=O)cc1Cl. The number of carbonyl (C=O) groups is 1. The zero-order valence-corrected chi connectivity index (χ0v) is 22.2. The Morgan fingerprint density at radius 1 is 1.11 bits per heavy atom. The normalized spacial score (nSPS) is 11.6. The molecular weight excluding hydrogens is 488 g/mol. The summed E-state index contributed by atoms with van der Waals surface area (Å²) in [7, 11) is -2.30.